The van der Waals surface area contributed by atoms with Crippen LogP contribution < -0.4 is 5.32 Å². The van der Waals surface area contributed by atoms with Crippen molar-refractivity contribution >= 4 is 11.5 Å². The second-order valence-electron chi connectivity index (χ2n) is 7.42. The number of nitrogens with zero attached hydrogens (tertiary/aromatic N) is 6. The van der Waals surface area contributed by atoms with Crippen molar-refractivity contribution < 1.29 is 13.2 Å². The summed E-state index contributed by atoms with van der Waals surface area (Å²) < 4.78 is 42.0. The third kappa shape index (κ3) is 4.40. The quantitative estimate of drug-likeness (QED) is 0.408. The lowest BCUT2D eigenvalue weighted by Crippen LogP contribution is -2.13. The van der Waals surface area contributed by atoms with E-state index in [1.54, 1.807) is 6.07 Å². The monoisotopic (exact) mass is 449 g/mol. The second-order valence-corrected chi connectivity index (χ2v) is 7.42. The molecule has 5 aromatic rings. The van der Waals surface area contributed by atoms with Crippen LogP contribution >= 0.6 is 0 Å². The van der Waals surface area contributed by atoms with E-state index in [-0.39, 0.29) is 11.5 Å². The number of fused-ring (bicyclic) bond motifs is 1. The van der Waals surface area contributed by atoms with Crippen molar-refractivity contribution in [2.24, 2.45) is 0 Å². The average Bonchev–Trinajstić information content (AvgIpc) is 3.42. The molecular weight excluding hydrogens is 431 g/mol. The van der Waals surface area contributed by atoms with Crippen LogP contribution in [0.2, 0.25) is 0 Å². The van der Waals surface area contributed by atoms with Crippen LogP contribution in [0, 0.1) is 0 Å². The maximum Gasteiger partial charge on any atom is 0.453 e. The minimum atomic E-state index is -4.65. The fourth-order valence-corrected chi connectivity index (χ4v) is 3.53. The van der Waals surface area contributed by atoms with Gasteiger partial charge >= 0.3 is 6.18 Å². The lowest BCUT2D eigenvalue weighted by Gasteiger charge is -2.08. The predicted molar refractivity (Wildman–Crippen MR) is 116 cm³/mol. The van der Waals surface area contributed by atoms with Gasteiger partial charge in [0.1, 0.15) is 5.82 Å². The summed E-state index contributed by atoms with van der Waals surface area (Å²) in [6.45, 7) is 0.918. The largest absolute Gasteiger partial charge is 0.453 e. The van der Waals surface area contributed by atoms with Crippen molar-refractivity contribution in [2.45, 2.75) is 19.3 Å². The number of anilines is 1. The first-order valence-electron chi connectivity index (χ1n) is 10.2. The summed E-state index contributed by atoms with van der Waals surface area (Å²) in [6, 6.07) is 22.7. The molecule has 0 saturated carbocycles. The van der Waals surface area contributed by atoms with Crippen LogP contribution in [0.4, 0.5) is 19.0 Å². The molecule has 0 unspecified atom stereocenters. The highest BCUT2D eigenvalue weighted by molar-refractivity contribution is 5.63. The molecule has 33 heavy (non-hydrogen) atoms. The molecule has 0 radical (unpaired) electrons. The molecule has 7 nitrogen and oxygen atoms in total. The molecule has 0 fully saturated rings. The fourth-order valence-electron chi connectivity index (χ4n) is 3.53. The van der Waals surface area contributed by atoms with Crippen LogP contribution in [0.1, 0.15) is 17.0 Å². The van der Waals surface area contributed by atoms with Crippen LogP contribution in [0.5, 0.6) is 0 Å². The number of hydrogen-bond donors (Lipinski definition) is 1. The zero-order valence-electron chi connectivity index (χ0n) is 17.2. The molecule has 0 bridgehead atoms. The van der Waals surface area contributed by atoms with Crippen molar-refractivity contribution in [3.8, 4) is 11.3 Å². The zero-order valence-corrected chi connectivity index (χ0v) is 17.2. The Labute approximate surface area is 186 Å². The number of halogens is 3. The van der Waals surface area contributed by atoms with Gasteiger partial charge in [-0.25, -0.2) is 0 Å². The fraction of sp³-hybridized carbons (Fsp3) is 0.130. The lowest BCUT2D eigenvalue weighted by atomic mass is 10.1. The van der Waals surface area contributed by atoms with Gasteiger partial charge < -0.3 is 5.32 Å². The molecule has 0 amide bonds. The molecule has 2 aromatic carbocycles. The molecule has 0 saturated heterocycles. The molecule has 0 aliphatic carbocycles. The zero-order chi connectivity index (χ0) is 22.8. The number of nitrogens with one attached hydrogen (secondary N) is 1. The Bertz CT molecular complexity index is 1380. The number of alkyl halides is 3. The molecule has 5 rings (SSSR count). The van der Waals surface area contributed by atoms with E-state index in [0.29, 0.717) is 17.6 Å². The summed E-state index contributed by atoms with van der Waals surface area (Å²) in [4.78, 5) is 0. The summed E-state index contributed by atoms with van der Waals surface area (Å²) in [5.74, 6) is -0.899. The van der Waals surface area contributed by atoms with Crippen LogP contribution in [0.25, 0.3) is 16.9 Å². The van der Waals surface area contributed by atoms with Gasteiger partial charge in [0.15, 0.2) is 5.65 Å². The Hall–Kier alpha value is -4.21. The van der Waals surface area contributed by atoms with Crippen molar-refractivity contribution in [2.75, 3.05) is 5.32 Å². The molecule has 0 spiro atoms. The van der Waals surface area contributed by atoms with Crippen LogP contribution in [0.3, 0.4) is 0 Å². The summed E-state index contributed by atoms with van der Waals surface area (Å²) >= 11 is 0. The van der Waals surface area contributed by atoms with Crippen molar-refractivity contribution in [1.82, 2.24) is 29.6 Å². The van der Waals surface area contributed by atoms with Gasteiger partial charge in [0, 0.05) is 23.9 Å². The Morgan fingerprint density at radius 1 is 0.818 bits per heavy atom. The van der Waals surface area contributed by atoms with Gasteiger partial charge in [-0.3, -0.25) is 4.68 Å². The SMILES string of the molecule is FC(F)(F)c1nnc2ccc(NCc3cn(Cc4ccccc4)nc3-c3ccccc3)nn12. The Kier molecular flexibility index (Phi) is 5.25. The first kappa shape index (κ1) is 20.7. The minimum Gasteiger partial charge on any atom is -0.364 e. The number of hydrogen-bond acceptors (Lipinski definition) is 5. The third-order valence-corrected chi connectivity index (χ3v) is 5.05. The molecule has 3 aromatic heterocycles. The molecule has 0 atom stereocenters. The van der Waals surface area contributed by atoms with E-state index in [4.69, 9.17) is 5.10 Å². The van der Waals surface area contributed by atoms with Gasteiger partial charge in [-0.1, -0.05) is 60.7 Å². The first-order chi connectivity index (χ1) is 16.0. The molecule has 1 N–H and O–H groups in total. The second kappa shape index (κ2) is 8.38. The van der Waals surface area contributed by atoms with E-state index >= 15 is 0 Å². The van der Waals surface area contributed by atoms with Gasteiger partial charge in [0.05, 0.1) is 12.2 Å². The van der Waals surface area contributed by atoms with Crippen LogP contribution in [-0.2, 0) is 19.3 Å². The standard InChI is InChI=1S/C23H18F3N7/c24-23(25,26)22-29-28-20-12-11-19(30-33(20)22)27-13-18-15-32(14-16-7-3-1-4-8-16)31-21(18)17-9-5-2-6-10-17/h1-12,15H,13-14H2,(H,27,30). The highest BCUT2D eigenvalue weighted by atomic mass is 19.4. The summed E-state index contributed by atoms with van der Waals surface area (Å²) in [6.07, 6.45) is -2.72. The van der Waals surface area contributed by atoms with Gasteiger partial charge in [0.2, 0.25) is 0 Å². The highest BCUT2D eigenvalue weighted by Crippen LogP contribution is 2.28. The Morgan fingerprint density at radius 3 is 2.27 bits per heavy atom. The van der Waals surface area contributed by atoms with Gasteiger partial charge in [-0.2, -0.15) is 22.8 Å². The molecular formula is C23H18F3N7. The van der Waals surface area contributed by atoms with Crippen LogP contribution in [-0.4, -0.2) is 29.6 Å². The van der Waals surface area contributed by atoms with E-state index in [2.05, 4.69) is 20.6 Å². The molecule has 3 heterocycles. The number of rotatable bonds is 6. The maximum absolute atomic E-state index is 13.2. The minimum absolute atomic E-state index is 0.0218. The van der Waals surface area contributed by atoms with Crippen molar-refractivity contribution in [1.29, 1.82) is 0 Å². The number of benzene rings is 2. The summed E-state index contributed by atoms with van der Waals surface area (Å²) in [5, 5.41) is 18.6. The third-order valence-electron chi connectivity index (χ3n) is 5.05. The van der Waals surface area contributed by atoms with E-state index in [0.717, 1.165) is 22.4 Å². The summed E-state index contributed by atoms with van der Waals surface area (Å²) in [5.41, 5.74) is 3.76. The molecule has 0 aliphatic rings. The highest BCUT2D eigenvalue weighted by Gasteiger charge is 2.37. The van der Waals surface area contributed by atoms with Crippen molar-refractivity contribution in [3.05, 3.63) is 95.9 Å². The Morgan fingerprint density at radius 2 is 1.55 bits per heavy atom. The van der Waals surface area contributed by atoms with E-state index in [1.807, 2.05) is 71.5 Å². The van der Waals surface area contributed by atoms with Gasteiger partial charge in [-0.05, 0) is 17.7 Å². The lowest BCUT2D eigenvalue weighted by molar-refractivity contribution is -0.146. The van der Waals surface area contributed by atoms with E-state index in [9.17, 15) is 13.2 Å². The average molecular weight is 449 g/mol. The maximum atomic E-state index is 13.2. The smallest absolute Gasteiger partial charge is 0.364 e. The topological polar surface area (TPSA) is 72.9 Å². The van der Waals surface area contributed by atoms with Gasteiger partial charge in [0.25, 0.3) is 5.82 Å². The normalized spacial score (nSPS) is 11.7. The predicted octanol–water partition coefficient (Wildman–Crippen LogP) is 4.67. The molecule has 10 heteroatoms. The van der Waals surface area contributed by atoms with E-state index in [1.165, 1.54) is 6.07 Å². The van der Waals surface area contributed by atoms with Crippen LogP contribution in [0.15, 0.2) is 79.0 Å². The van der Waals surface area contributed by atoms with Gasteiger partial charge in [-0.15, -0.1) is 15.3 Å². The molecule has 166 valence electrons. The Balaban J connectivity index is 1.44. The van der Waals surface area contributed by atoms with Crippen molar-refractivity contribution in [3.63, 3.8) is 0 Å². The first-order valence-corrected chi connectivity index (χ1v) is 10.2. The van der Waals surface area contributed by atoms with E-state index < -0.39 is 12.0 Å². The number of aromatic nitrogens is 6. The summed E-state index contributed by atoms with van der Waals surface area (Å²) in [7, 11) is 0. The molecule has 0 aliphatic heterocycles.